The fourth-order valence-corrected chi connectivity index (χ4v) is 2.81. The molecule has 0 unspecified atom stereocenters. The molecule has 0 aliphatic carbocycles. The van der Waals surface area contributed by atoms with Gasteiger partial charge in [-0.25, -0.2) is 4.98 Å². The molecule has 0 radical (unpaired) electrons. The predicted octanol–water partition coefficient (Wildman–Crippen LogP) is 3.05. The van der Waals surface area contributed by atoms with E-state index >= 15 is 0 Å². The van der Waals surface area contributed by atoms with Gasteiger partial charge in [-0.15, -0.1) is 0 Å². The molecule has 5 nitrogen and oxygen atoms in total. The zero-order chi connectivity index (χ0) is 16.6. The fraction of sp³-hybridized carbons (Fsp3) is 0.250. The van der Waals surface area contributed by atoms with Crippen molar-refractivity contribution in [1.29, 1.82) is 0 Å². The van der Waals surface area contributed by atoms with Crippen LogP contribution in [0.5, 0.6) is 11.5 Å². The molecule has 1 aliphatic rings. The summed E-state index contributed by atoms with van der Waals surface area (Å²) in [4.78, 5) is 17.4. The maximum Gasteiger partial charge on any atom is 0.259 e. The number of amides is 1. The van der Waals surface area contributed by atoms with Crippen molar-refractivity contribution in [2.24, 2.45) is 0 Å². The second kappa shape index (κ2) is 6.04. The Balaban J connectivity index is 1.90. The molecule has 2 aromatic rings. The standard InChI is InChI=1S/C16H14ClFN2O3/c1-22-10-4-3-9(13(5-10)23-2)7-20-8-11-12(17)6-19-15(18)14(11)16(20)21/h3-6H,7-8H2,1-2H3. The Morgan fingerprint density at radius 2 is 2.13 bits per heavy atom. The molecule has 0 N–H and O–H groups in total. The van der Waals surface area contributed by atoms with E-state index in [0.717, 1.165) is 5.56 Å². The Morgan fingerprint density at radius 3 is 2.78 bits per heavy atom. The molecule has 1 aliphatic heterocycles. The first kappa shape index (κ1) is 15.6. The number of halogens is 2. The highest BCUT2D eigenvalue weighted by Gasteiger charge is 2.33. The van der Waals surface area contributed by atoms with Crippen molar-refractivity contribution < 1.29 is 18.7 Å². The Bertz CT molecular complexity index is 782. The van der Waals surface area contributed by atoms with E-state index in [9.17, 15) is 9.18 Å². The lowest BCUT2D eigenvalue weighted by molar-refractivity contribution is 0.0761. The topological polar surface area (TPSA) is 51.7 Å². The van der Waals surface area contributed by atoms with E-state index in [-0.39, 0.29) is 18.7 Å². The number of benzene rings is 1. The van der Waals surface area contributed by atoms with E-state index in [0.29, 0.717) is 22.1 Å². The second-order valence-electron chi connectivity index (χ2n) is 5.09. The van der Waals surface area contributed by atoms with Crippen molar-refractivity contribution >= 4 is 17.5 Å². The zero-order valence-electron chi connectivity index (χ0n) is 12.6. The molecule has 0 fully saturated rings. The molecule has 1 amide bonds. The largest absolute Gasteiger partial charge is 0.497 e. The van der Waals surface area contributed by atoms with Crippen LogP contribution in [0.1, 0.15) is 21.5 Å². The quantitative estimate of drug-likeness (QED) is 0.805. The molecular weight excluding hydrogens is 323 g/mol. The van der Waals surface area contributed by atoms with Crippen molar-refractivity contribution in [3.8, 4) is 11.5 Å². The Morgan fingerprint density at radius 1 is 1.35 bits per heavy atom. The summed E-state index contributed by atoms with van der Waals surface area (Å²) in [7, 11) is 3.10. The minimum Gasteiger partial charge on any atom is -0.497 e. The number of carbonyl (C=O) groups excluding carboxylic acids is 1. The van der Waals surface area contributed by atoms with E-state index in [1.165, 1.54) is 11.1 Å². The molecule has 7 heteroatoms. The average molecular weight is 337 g/mol. The molecule has 1 aromatic carbocycles. The lowest BCUT2D eigenvalue weighted by Gasteiger charge is -2.18. The molecule has 2 heterocycles. The summed E-state index contributed by atoms with van der Waals surface area (Å²) in [5.74, 6) is 0.0293. The van der Waals surface area contributed by atoms with Gasteiger partial charge in [0.2, 0.25) is 5.95 Å². The van der Waals surface area contributed by atoms with E-state index in [1.54, 1.807) is 26.4 Å². The number of rotatable bonds is 4. The van der Waals surface area contributed by atoms with Crippen LogP contribution in [0.2, 0.25) is 5.02 Å². The van der Waals surface area contributed by atoms with Gasteiger partial charge in [-0.1, -0.05) is 11.6 Å². The number of nitrogens with zero attached hydrogens (tertiary/aromatic N) is 2. The second-order valence-corrected chi connectivity index (χ2v) is 5.50. The van der Waals surface area contributed by atoms with Gasteiger partial charge in [0.25, 0.3) is 5.91 Å². The van der Waals surface area contributed by atoms with Crippen LogP contribution in [-0.2, 0) is 13.1 Å². The predicted molar refractivity (Wildman–Crippen MR) is 82.3 cm³/mol. The van der Waals surface area contributed by atoms with Gasteiger partial charge in [0.1, 0.15) is 17.1 Å². The maximum atomic E-state index is 13.8. The van der Waals surface area contributed by atoms with Crippen LogP contribution in [0.3, 0.4) is 0 Å². The summed E-state index contributed by atoms with van der Waals surface area (Å²) in [6.45, 7) is 0.512. The van der Waals surface area contributed by atoms with Crippen molar-refractivity contribution in [1.82, 2.24) is 9.88 Å². The first-order valence-corrected chi connectivity index (χ1v) is 7.26. The van der Waals surface area contributed by atoms with Gasteiger partial charge in [-0.05, 0) is 12.1 Å². The van der Waals surface area contributed by atoms with Crippen molar-refractivity contribution in [2.45, 2.75) is 13.1 Å². The third-order valence-electron chi connectivity index (χ3n) is 3.79. The van der Waals surface area contributed by atoms with E-state index in [4.69, 9.17) is 21.1 Å². The number of hydrogen-bond donors (Lipinski definition) is 0. The van der Waals surface area contributed by atoms with Gasteiger partial charge in [0, 0.05) is 36.5 Å². The number of ether oxygens (including phenoxy) is 2. The molecular formula is C16H14ClFN2O3. The van der Waals surface area contributed by atoms with E-state index in [1.807, 2.05) is 6.07 Å². The monoisotopic (exact) mass is 336 g/mol. The number of aromatic nitrogens is 1. The molecule has 3 rings (SSSR count). The average Bonchev–Trinajstić information content (AvgIpc) is 2.89. The Kier molecular flexibility index (Phi) is 4.09. The van der Waals surface area contributed by atoms with Gasteiger partial charge in [-0.3, -0.25) is 4.79 Å². The molecule has 120 valence electrons. The number of pyridine rings is 1. The van der Waals surface area contributed by atoms with E-state index in [2.05, 4.69) is 4.98 Å². The van der Waals surface area contributed by atoms with Gasteiger partial charge < -0.3 is 14.4 Å². The SMILES string of the molecule is COc1ccc(CN2Cc3c(Cl)cnc(F)c3C2=O)c(OC)c1. The third kappa shape index (κ3) is 2.70. The van der Waals surface area contributed by atoms with E-state index < -0.39 is 11.9 Å². The lowest BCUT2D eigenvalue weighted by Crippen LogP contribution is -2.24. The minimum absolute atomic E-state index is 0.0509. The van der Waals surface area contributed by atoms with Crippen LogP contribution in [0.15, 0.2) is 24.4 Å². The summed E-state index contributed by atoms with van der Waals surface area (Å²) >= 11 is 6.02. The van der Waals surface area contributed by atoms with Gasteiger partial charge in [0.15, 0.2) is 0 Å². The number of hydrogen-bond acceptors (Lipinski definition) is 4. The molecule has 0 saturated carbocycles. The molecule has 0 atom stereocenters. The van der Waals surface area contributed by atoms with Crippen LogP contribution in [-0.4, -0.2) is 30.0 Å². The molecule has 0 spiro atoms. The molecule has 0 bridgehead atoms. The minimum atomic E-state index is -0.793. The first-order valence-electron chi connectivity index (χ1n) is 6.88. The lowest BCUT2D eigenvalue weighted by atomic mass is 10.1. The van der Waals surface area contributed by atoms with Crippen molar-refractivity contribution in [2.75, 3.05) is 14.2 Å². The highest BCUT2D eigenvalue weighted by atomic mass is 35.5. The summed E-state index contributed by atoms with van der Waals surface area (Å²) < 4.78 is 24.3. The van der Waals surface area contributed by atoms with Crippen molar-refractivity contribution in [3.05, 3.63) is 52.1 Å². The number of carbonyl (C=O) groups is 1. The highest BCUT2D eigenvalue weighted by molar-refractivity contribution is 6.32. The van der Waals surface area contributed by atoms with Crippen LogP contribution in [0.25, 0.3) is 0 Å². The number of methoxy groups -OCH3 is 2. The van der Waals surface area contributed by atoms with Crippen LogP contribution < -0.4 is 9.47 Å². The zero-order valence-corrected chi connectivity index (χ0v) is 13.4. The smallest absolute Gasteiger partial charge is 0.259 e. The third-order valence-corrected chi connectivity index (χ3v) is 4.12. The molecule has 23 heavy (non-hydrogen) atoms. The Hall–Kier alpha value is -2.34. The van der Waals surface area contributed by atoms with Gasteiger partial charge in [0.05, 0.1) is 19.2 Å². The van der Waals surface area contributed by atoms with Crippen LogP contribution >= 0.6 is 11.6 Å². The normalized spacial score (nSPS) is 13.2. The summed E-state index contributed by atoms with van der Waals surface area (Å²) in [5, 5.41) is 0.291. The summed E-state index contributed by atoms with van der Waals surface area (Å²) in [5.41, 5.74) is 1.21. The summed E-state index contributed by atoms with van der Waals surface area (Å²) in [6.07, 6.45) is 1.22. The number of fused-ring (bicyclic) bond motifs is 1. The van der Waals surface area contributed by atoms with Crippen LogP contribution in [0, 0.1) is 5.95 Å². The molecule has 0 saturated heterocycles. The van der Waals surface area contributed by atoms with Crippen molar-refractivity contribution in [3.63, 3.8) is 0 Å². The Labute approximate surface area is 137 Å². The van der Waals surface area contributed by atoms with Gasteiger partial charge in [-0.2, -0.15) is 4.39 Å². The van der Waals surface area contributed by atoms with Gasteiger partial charge >= 0.3 is 0 Å². The van der Waals surface area contributed by atoms with Crippen LogP contribution in [0.4, 0.5) is 4.39 Å². The molecule has 1 aromatic heterocycles. The first-order chi connectivity index (χ1) is 11.0. The fourth-order valence-electron chi connectivity index (χ4n) is 2.61. The highest BCUT2D eigenvalue weighted by Crippen LogP contribution is 2.33. The summed E-state index contributed by atoms with van der Waals surface area (Å²) in [6, 6.07) is 5.32. The maximum absolute atomic E-state index is 13.8.